The van der Waals surface area contributed by atoms with Crippen LogP contribution in [0.3, 0.4) is 0 Å². The van der Waals surface area contributed by atoms with Gasteiger partial charge in [0, 0.05) is 6.07 Å². The lowest BCUT2D eigenvalue weighted by Gasteiger charge is -1.99. The first-order chi connectivity index (χ1) is 5.04. The highest BCUT2D eigenvalue weighted by atomic mass is 16.1. The van der Waals surface area contributed by atoms with E-state index in [0.717, 1.165) is 11.4 Å². The van der Waals surface area contributed by atoms with Gasteiger partial charge in [0.05, 0.1) is 14.1 Å². The molecule has 0 atom stereocenters. The fourth-order valence-corrected chi connectivity index (χ4v) is 1.02. The Bertz CT molecular complexity index is 309. The number of rotatable bonds is 0. The van der Waals surface area contributed by atoms with E-state index in [1.807, 2.05) is 19.9 Å². The topological polar surface area (TPSA) is 25.9 Å². The zero-order valence-corrected chi connectivity index (χ0v) is 7.38. The smallest absolute Gasteiger partial charge is 0.198 e. The number of nitrogens with zero attached hydrogens (tertiary/aromatic N) is 2. The Hall–Kier alpha value is -1.12. The van der Waals surface area contributed by atoms with E-state index in [9.17, 15) is 4.79 Å². The largest absolute Gasteiger partial charge is 0.497 e. The summed E-state index contributed by atoms with van der Waals surface area (Å²) >= 11 is 0. The minimum absolute atomic E-state index is 0.0301. The van der Waals surface area contributed by atoms with Crippen LogP contribution in [0.25, 0.3) is 0 Å². The van der Waals surface area contributed by atoms with Crippen molar-refractivity contribution in [3.8, 4) is 0 Å². The molecular weight excluding hydrogens is 140 g/mol. The van der Waals surface area contributed by atoms with Crippen LogP contribution in [0, 0.1) is 13.8 Å². The van der Waals surface area contributed by atoms with Gasteiger partial charge >= 0.3 is 5.69 Å². The monoisotopic (exact) mass is 153 g/mol. The first-order valence-electron chi connectivity index (χ1n) is 3.57. The van der Waals surface area contributed by atoms with Crippen molar-refractivity contribution in [3.63, 3.8) is 0 Å². The number of aryl methyl sites for hydroxylation is 2. The van der Waals surface area contributed by atoms with Crippen LogP contribution in [0.2, 0.25) is 0 Å². The summed E-state index contributed by atoms with van der Waals surface area (Å²) in [5.74, 6) is 0. The van der Waals surface area contributed by atoms with E-state index in [0.29, 0.717) is 0 Å². The second-order valence-electron chi connectivity index (χ2n) is 2.83. The van der Waals surface area contributed by atoms with Crippen molar-refractivity contribution in [3.05, 3.63) is 27.9 Å². The molecule has 11 heavy (non-hydrogen) atoms. The number of hydrogen-bond donors (Lipinski definition) is 0. The molecule has 0 bridgehead atoms. The summed E-state index contributed by atoms with van der Waals surface area (Å²) in [5.41, 5.74) is 2.01. The van der Waals surface area contributed by atoms with Gasteiger partial charge in [-0.1, -0.05) is 0 Å². The van der Waals surface area contributed by atoms with Crippen LogP contribution in [-0.4, -0.2) is 4.57 Å². The summed E-state index contributed by atoms with van der Waals surface area (Å²) in [4.78, 5) is 11.3. The first-order valence-corrected chi connectivity index (χ1v) is 3.57. The van der Waals surface area contributed by atoms with Crippen LogP contribution in [0.15, 0.2) is 10.9 Å². The lowest BCUT2D eigenvalue weighted by atomic mass is 10.3. The molecule has 0 saturated carbocycles. The van der Waals surface area contributed by atoms with Gasteiger partial charge < -0.3 is 0 Å². The van der Waals surface area contributed by atoms with Crippen LogP contribution in [0.5, 0.6) is 0 Å². The quantitative estimate of drug-likeness (QED) is 0.475. The molecule has 0 unspecified atom stereocenters. The third kappa shape index (κ3) is 1.18. The minimum Gasteiger partial charge on any atom is -0.198 e. The van der Waals surface area contributed by atoms with Gasteiger partial charge in [0.25, 0.3) is 0 Å². The van der Waals surface area contributed by atoms with E-state index in [-0.39, 0.29) is 5.69 Å². The number of aromatic nitrogens is 2. The fourth-order valence-electron chi connectivity index (χ4n) is 1.02. The maximum Gasteiger partial charge on any atom is 0.497 e. The van der Waals surface area contributed by atoms with Gasteiger partial charge in [0.2, 0.25) is 0 Å². The van der Waals surface area contributed by atoms with Gasteiger partial charge in [-0.15, -0.1) is 0 Å². The molecule has 0 saturated heterocycles. The van der Waals surface area contributed by atoms with Crippen LogP contribution in [0.1, 0.15) is 11.4 Å². The summed E-state index contributed by atoms with van der Waals surface area (Å²) in [5, 5.41) is 0. The molecule has 1 rings (SSSR count). The molecule has 3 heteroatoms. The Balaban J connectivity index is 3.59. The maximum absolute atomic E-state index is 11.3. The van der Waals surface area contributed by atoms with E-state index < -0.39 is 0 Å². The second kappa shape index (κ2) is 2.49. The lowest BCUT2D eigenvalue weighted by molar-refractivity contribution is -0.696. The highest BCUT2D eigenvalue weighted by molar-refractivity contribution is 5.01. The van der Waals surface area contributed by atoms with Crippen LogP contribution in [0.4, 0.5) is 0 Å². The molecule has 0 aromatic carbocycles. The van der Waals surface area contributed by atoms with Crippen molar-refractivity contribution < 1.29 is 4.57 Å². The average Bonchev–Trinajstić information content (AvgIpc) is 1.97. The predicted octanol–water partition coefficient (Wildman–Crippen LogP) is -0.173. The molecule has 1 aromatic heterocycles. The zero-order valence-electron chi connectivity index (χ0n) is 7.38. The normalized spacial score (nSPS) is 10.2. The molecular formula is C8H13N2O+. The van der Waals surface area contributed by atoms with Crippen molar-refractivity contribution in [2.24, 2.45) is 14.1 Å². The molecule has 0 fully saturated rings. The van der Waals surface area contributed by atoms with E-state index >= 15 is 0 Å². The summed E-state index contributed by atoms with van der Waals surface area (Å²) < 4.78 is 3.26. The molecule has 0 radical (unpaired) electrons. The molecule has 0 amide bonds. The van der Waals surface area contributed by atoms with Crippen molar-refractivity contribution in [2.75, 3.05) is 0 Å². The third-order valence-corrected chi connectivity index (χ3v) is 2.05. The summed E-state index contributed by atoms with van der Waals surface area (Å²) in [6.07, 6.45) is 0. The molecule has 0 N–H and O–H groups in total. The molecule has 0 spiro atoms. The van der Waals surface area contributed by atoms with E-state index in [1.165, 1.54) is 0 Å². The molecule has 1 heterocycles. The molecule has 0 aliphatic heterocycles. The zero-order chi connectivity index (χ0) is 8.59. The molecule has 0 aliphatic carbocycles. The van der Waals surface area contributed by atoms with E-state index in [2.05, 4.69) is 0 Å². The van der Waals surface area contributed by atoms with Crippen molar-refractivity contribution in [2.45, 2.75) is 13.8 Å². The van der Waals surface area contributed by atoms with Crippen LogP contribution < -0.4 is 10.3 Å². The van der Waals surface area contributed by atoms with Crippen molar-refractivity contribution >= 4 is 0 Å². The lowest BCUT2D eigenvalue weighted by Crippen LogP contribution is -2.53. The first kappa shape index (κ1) is 7.98. The maximum atomic E-state index is 11.3. The van der Waals surface area contributed by atoms with E-state index in [4.69, 9.17) is 0 Å². The van der Waals surface area contributed by atoms with Gasteiger partial charge in [0.15, 0.2) is 0 Å². The number of hydrogen-bond acceptors (Lipinski definition) is 1. The van der Waals surface area contributed by atoms with Gasteiger partial charge in [-0.05, 0) is 13.8 Å². The standard InChI is InChI=1S/C8H13N2O/c1-6-5-7(2)10(4)8(11)9(6)3/h5H,1-4H3/q+1. The Labute approximate surface area is 65.9 Å². The molecule has 1 aromatic rings. The van der Waals surface area contributed by atoms with Crippen molar-refractivity contribution in [1.29, 1.82) is 0 Å². The molecule has 0 aliphatic rings. The van der Waals surface area contributed by atoms with E-state index in [1.54, 1.807) is 23.2 Å². The Morgan fingerprint density at radius 1 is 1.45 bits per heavy atom. The highest BCUT2D eigenvalue weighted by Crippen LogP contribution is 1.91. The SMILES string of the molecule is Cc1cc(C)[n+](C)c(=O)n1C. The Morgan fingerprint density at radius 3 is 2.55 bits per heavy atom. The minimum atomic E-state index is 0.0301. The summed E-state index contributed by atoms with van der Waals surface area (Å²) in [6.45, 7) is 3.85. The van der Waals surface area contributed by atoms with Crippen molar-refractivity contribution in [1.82, 2.24) is 4.57 Å². The Morgan fingerprint density at radius 2 is 2.00 bits per heavy atom. The summed E-state index contributed by atoms with van der Waals surface area (Å²) in [7, 11) is 3.55. The van der Waals surface area contributed by atoms with Crippen LogP contribution in [-0.2, 0) is 14.1 Å². The average molecular weight is 153 g/mol. The van der Waals surface area contributed by atoms with Gasteiger partial charge in [-0.2, -0.15) is 13.9 Å². The molecule has 3 nitrogen and oxygen atoms in total. The van der Waals surface area contributed by atoms with Gasteiger partial charge in [-0.3, -0.25) is 0 Å². The van der Waals surface area contributed by atoms with Crippen LogP contribution >= 0.6 is 0 Å². The highest BCUT2D eigenvalue weighted by Gasteiger charge is 2.08. The Kier molecular flexibility index (Phi) is 1.81. The van der Waals surface area contributed by atoms with Gasteiger partial charge in [0.1, 0.15) is 11.4 Å². The third-order valence-electron chi connectivity index (χ3n) is 2.05. The second-order valence-corrected chi connectivity index (χ2v) is 2.83. The predicted molar refractivity (Wildman–Crippen MR) is 42.3 cm³/mol. The fraction of sp³-hybridized carbons (Fsp3) is 0.500. The van der Waals surface area contributed by atoms with Gasteiger partial charge in [-0.25, -0.2) is 0 Å². The summed E-state index contributed by atoms with van der Waals surface area (Å²) in [6, 6.07) is 1.99. The molecule has 60 valence electrons.